The second kappa shape index (κ2) is 8.01. The number of pyridine rings is 1. The highest BCUT2D eigenvalue weighted by Crippen LogP contribution is 2.17. The minimum atomic E-state index is 0.391. The minimum Gasteiger partial charge on any atom is -0.357 e. The molecule has 0 aromatic carbocycles. The van der Waals surface area contributed by atoms with Crippen molar-refractivity contribution in [2.24, 2.45) is 10.9 Å². The molecule has 0 saturated carbocycles. The van der Waals surface area contributed by atoms with Crippen molar-refractivity contribution in [1.29, 1.82) is 0 Å². The molecule has 0 radical (unpaired) electrons. The first-order valence-corrected chi connectivity index (χ1v) is 8.27. The first-order valence-electron chi connectivity index (χ1n) is 8.27. The van der Waals surface area contributed by atoms with Gasteiger partial charge in [-0.05, 0) is 37.3 Å². The van der Waals surface area contributed by atoms with Gasteiger partial charge in [-0.15, -0.1) is 0 Å². The van der Waals surface area contributed by atoms with Crippen LogP contribution in [0.25, 0.3) is 0 Å². The summed E-state index contributed by atoms with van der Waals surface area (Å²) in [7, 11) is 1.80. The SMILES string of the molecule is CN=C(NCc1ccc(N2CCCC2)nc1)NC(C)C(C)C. The maximum Gasteiger partial charge on any atom is 0.191 e. The summed E-state index contributed by atoms with van der Waals surface area (Å²) in [6.07, 6.45) is 4.52. The van der Waals surface area contributed by atoms with Crippen LogP contribution in [-0.4, -0.2) is 37.1 Å². The third kappa shape index (κ3) is 4.61. The molecule has 0 amide bonds. The fourth-order valence-corrected chi connectivity index (χ4v) is 2.42. The zero-order chi connectivity index (χ0) is 15.9. The number of guanidine groups is 1. The van der Waals surface area contributed by atoms with Gasteiger partial charge in [-0.3, -0.25) is 4.99 Å². The molecule has 2 rings (SSSR count). The van der Waals surface area contributed by atoms with Crippen LogP contribution in [0, 0.1) is 5.92 Å². The summed E-state index contributed by atoms with van der Waals surface area (Å²) >= 11 is 0. The second-order valence-electron chi connectivity index (χ2n) is 6.32. The summed E-state index contributed by atoms with van der Waals surface area (Å²) in [5, 5.41) is 6.75. The molecule has 1 atom stereocenters. The van der Waals surface area contributed by atoms with Crippen LogP contribution < -0.4 is 15.5 Å². The van der Waals surface area contributed by atoms with Crippen LogP contribution in [0.2, 0.25) is 0 Å². The molecule has 1 unspecified atom stereocenters. The molecule has 0 bridgehead atoms. The van der Waals surface area contributed by atoms with E-state index < -0.39 is 0 Å². The van der Waals surface area contributed by atoms with Gasteiger partial charge >= 0.3 is 0 Å². The molecule has 0 aliphatic carbocycles. The highest BCUT2D eigenvalue weighted by Gasteiger charge is 2.13. The molecule has 1 aromatic heterocycles. The molecule has 0 spiro atoms. The molecule has 2 N–H and O–H groups in total. The van der Waals surface area contributed by atoms with Crippen molar-refractivity contribution in [3.05, 3.63) is 23.9 Å². The normalized spacial score (nSPS) is 17.0. The predicted molar refractivity (Wildman–Crippen MR) is 93.3 cm³/mol. The lowest BCUT2D eigenvalue weighted by atomic mass is 10.1. The van der Waals surface area contributed by atoms with E-state index >= 15 is 0 Å². The average Bonchev–Trinajstić information content (AvgIpc) is 3.06. The average molecular weight is 303 g/mol. The molecule has 5 nitrogen and oxygen atoms in total. The molecule has 1 aliphatic rings. The van der Waals surface area contributed by atoms with Gasteiger partial charge in [0.05, 0.1) is 0 Å². The minimum absolute atomic E-state index is 0.391. The lowest BCUT2D eigenvalue weighted by molar-refractivity contribution is 0.481. The number of aliphatic imine (C=N–C) groups is 1. The van der Waals surface area contributed by atoms with Crippen LogP contribution in [0.5, 0.6) is 0 Å². The van der Waals surface area contributed by atoms with E-state index in [0.717, 1.165) is 31.4 Å². The van der Waals surface area contributed by atoms with Crippen LogP contribution in [0.15, 0.2) is 23.3 Å². The predicted octanol–water partition coefficient (Wildman–Crippen LogP) is 2.39. The molecule has 122 valence electrons. The molecule has 22 heavy (non-hydrogen) atoms. The molecule has 2 heterocycles. The van der Waals surface area contributed by atoms with E-state index in [1.165, 1.54) is 18.4 Å². The summed E-state index contributed by atoms with van der Waals surface area (Å²) in [5.41, 5.74) is 1.17. The maximum atomic E-state index is 4.58. The zero-order valence-corrected chi connectivity index (χ0v) is 14.3. The zero-order valence-electron chi connectivity index (χ0n) is 14.3. The number of anilines is 1. The van der Waals surface area contributed by atoms with Gasteiger partial charge in [0.2, 0.25) is 0 Å². The number of nitrogens with zero attached hydrogens (tertiary/aromatic N) is 3. The Kier molecular flexibility index (Phi) is 6.04. The summed E-state index contributed by atoms with van der Waals surface area (Å²) in [6.45, 7) is 9.57. The van der Waals surface area contributed by atoms with Gasteiger partial charge in [0.25, 0.3) is 0 Å². The number of aromatic nitrogens is 1. The smallest absolute Gasteiger partial charge is 0.191 e. The monoisotopic (exact) mass is 303 g/mol. The molecule has 1 fully saturated rings. The van der Waals surface area contributed by atoms with Crippen molar-refractivity contribution in [3.63, 3.8) is 0 Å². The van der Waals surface area contributed by atoms with Crippen LogP contribution in [0.1, 0.15) is 39.2 Å². The standard InChI is InChI=1S/C17H29N5/c1-13(2)14(3)21-17(18-4)20-12-15-7-8-16(19-11-15)22-9-5-6-10-22/h7-8,11,13-14H,5-6,9-10,12H2,1-4H3,(H2,18,20,21). The fourth-order valence-electron chi connectivity index (χ4n) is 2.42. The van der Waals surface area contributed by atoms with Gasteiger partial charge in [-0.1, -0.05) is 19.9 Å². The highest BCUT2D eigenvalue weighted by molar-refractivity contribution is 5.79. The van der Waals surface area contributed by atoms with E-state index in [0.29, 0.717) is 12.0 Å². The van der Waals surface area contributed by atoms with Gasteiger partial charge in [0.1, 0.15) is 5.82 Å². The summed E-state index contributed by atoms with van der Waals surface area (Å²) in [5.74, 6) is 2.50. The van der Waals surface area contributed by atoms with Crippen molar-refractivity contribution < 1.29 is 0 Å². The van der Waals surface area contributed by atoms with E-state index in [1.54, 1.807) is 7.05 Å². The Labute approximate surface area is 134 Å². The topological polar surface area (TPSA) is 52.6 Å². The number of hydrogen-bond donors (Lipinski definition) is 2. The summed E-state index contributed by atoms with van der Waals surface area (Å²) < 4.78 is 0. The van der Waals surface area contributed by atoms with E-state index in [2.05, 4.69) is 58.4 Å². The number of rotatable bonds is 5. The van der Waals surface area contributed by atoms with Crippen LogP contribution in [0.4, 0.5) is 5.82 Å². The Morgan fingerprint density at radius 2 is 2.00 bits per heavy atom. The first-order chi connectivity index (χ1) is 10.6. The quantitative estimate of drug-likeness (QED) is 0.648. The van der Waals surface area contributed by atoms with E-state index in [9.17, 15) is 0 Å². The van der Waals surface area contributed by atoms with E-state index in [4.69, 9.17) is 0 Å². The van der Waals surface area contributed by atoms with Crippen molar-refractivity contribution in [1.82, 2.24) is 15.6 Å². The van der Waals surface area contributed by atoms with Crippen molar-refractivity contribution in [2.45, 2.75) is 46.2 Å². The molecule has 5 heteroatoms. The summed E-state index contributed by atoms with van der Waals surface area (Å²) in [4.78, 5) is 11.2. The maximum absolute atomic E-state index is 4.58. The van der Waals surface area contributed by atoms with Crippen molar-refractivity contribution >= 4 is 11.8 Å². The Balaban J connectivity index is 1.85. The molecule has 1 aromatic rings. The Morgan fingerprint density at radius 3 is 2.55 bits per heavy atom. The second-order valence-corrected chi connectivity index (χ2v) is 6.32. The van der Waals surface area contributed by atoms with Crippen LogP contribution in [0.3, 0.4) is 0 Å². The Hall–Kier alpha value is -1.78. The Morgan fingerprint density at radius 1 is 1.27 bits per heavy atom. The first kappa shape index (κ1) is 16.6. The fraction of sp³-hybridized carbons (Fsp3) is 0.647. The van der Waals surface area contributed by atoms with Gasteiger partial charge in [0, 0.05) is 38.9 Å². The van der Waals surface area contributed by atoms with E-state index in [1.807, 2.05) is 6.20 Å². The molecule has 1 saturated heterocycles. The van der Waals surface area contributed by atoms with Gasteiger partial charge < -0.3 is 15.5 Å². The Bertz CT molecular complexity index is 474. The third-order valence-electron chi connectivity index (χ3n) is 4.29. The lowest BCUT2D eigenvalue weighted by Gasteiger charge is -2.21. The van der Waals surface area contributed by atoms with Crippen molar-refractivity contribution in [3.8, 4) is 0 Å². The molecule has 1 aliphatic heterocycles. The lowest BCUT2D eigenvalue weighted by Crippen LogP contribution is -2.43. The van der Waals surface area contributed by atoms with Crippen molar-refractivity contribution in [2.75, 3.05) is 25.0 Å². The third-order valence-corrected chi connectivity index (χ3v) is 4.29. The van der Waals surface area contributed by atoms with Crippen LogP contribution >= 0.6 is 0 Å². The van der Waals surface area contributed by atoms with Gasteiger partial charge in [-0.2, -0.15) is 0 Å². The van der Waals surface area contributed by atoms with Crippen LogP contribution in [-0.2, 0) is 6.54 Å². The molecular weight excluding hydrogens is 274 g/mol. The number of hydrogen-bond acceptors (Lipinski definition) is 3. The number of nitrogens with one attached hydrogen (secondary N) is 2. The highest BCUT2D eigenvalue weighted by atomic mass is 15.2. The molecular formula is C17H29N5. The van der Waals surface area contributed by atoms with Gasteiger partial charge in [-0.25, -0.2) is 4.98 Å². The largest absolute Gasteiger partial charge is 0.357 e. The van der Waals surface area contributed by atoms with Gasteiger partial charge in [0.15, 0.2) is 5.96 Å². The van der Waals surface area contributed by atoms with E-state index in [-0.39, 0.29) is 0 Å². The summed E-state index contributed by atoms with van der Waals surface area (Å²) in [6, 6.07) is 4.66.